The van der Waals surface area contributed by atoms with Crippen LogP contribution in [0.5, 0.6) is 5.75 Å². The molecule has 6 nitrogen and oxygen atoms in total. The molecule has 0 bridgehead atoms. The van der Waals surface area contributed by atoms with Crippen LogP contribution in [0.4, 0.5) is 0 Å². The second kappa shape index (κ2) is 9.07. The highest BCUT2D eigenvalue weighted by molar-refractivity contribution is 5.77. The lowest BCUT2D eigenvalue weighted by Crippen LogP contribution is -2.65. The molecule has 0 radical (unpaired) electrons. The Morgan fingerprint density at radius 1 is 1.39 bits per heavy atom. The molecule has 0 aliphatic carbocycles. The molecule has 1 aromatic carbocycles. The molecule has 2 fully saturated rings. The number of aliphatic hydroxyl groups excluding tert-OH is 1. The molecule has 6 heteroatoms. The molecule has 0 saturated carbocycles. The van der Waals surface area contributed by atoms with Gasteiger partial charge in [0.1, 0.15) is 11.9 Å². The zero-order chi connectivity index (χ0) is 20.0. The molecule has 2 atom stereocenters. The molecule has 28 heavy (non-hydrogen) atoms. The van der Waals surface area contributed by atoms with E-state index in [4.69, 9.17) is 9.47 Å². The minimum atomic E-state index is -0.719. The third-order valence-electron chi connectivity index (χ3n) is 5.89. The highest BCUT2D eigenvalue weighted by Crippen LogP contribution is 2.39. The molecule has 3 rings (SSSR count). The highest BCUT2D eigenvalue weighted by atomic mass is 16.5. The second-order valence-electron chi connectivity index (χ2n) is 8.15. The van der Waals surface area contributed by atoms with Gasteiger partial charge in [0.25, 0.3) is 0 Å². The van der Waals surface area contributed by atoms with E-state index in [0.29, 0.717) is 13.0 Å². The maximum atomic E-state index is 12.5. The van der Waals surface area contributed by atoms with Gasteiger partial charge in [0.2, 0.25) is 5.91 Å². The average molecular weight is 389 g/mol. The summed E-state index contributed by atoms with van der Waals surface area (Å²) in [5.41, 5.74) is -0.970. The van der Waals surface area contributed by atoms with Crippen molar-refractivity contribution in [3.05, 3.63) is 43.0 Å². The number of carbonyl (C=O) groups is 1. The Morgan fingerprint density at radius 2 is 2.11 bits per heavy atom. The number of nitrogens with zero attached hydrogens (tertiary/aromatic N) is 1. The van der Waals surface area contributed by atoms with Gasteiger partial charge in [-0.2, -0.15) is 0 Å². The molecule has 1 spiro atoms. The first-order chi connectivity index (χ1) is 13.4. The number of benzene rings is 1. The standard InChI is InChI=1S/C22H32N2O4/c1-3-12-24-13-10-22(11-14-24)17-21(2,19(25)16-28-22)23-20(26)9-15-27-18-7-5-4-6-8-18/h3-8,19,25H,1,9-17H2,2H3,(H,23,26)/t19-,21-/m1/s1. The van der Waals surface area contributed by atoms with Crippen molar-refractivity contribution in [2.24, 2.45) is 0 Å². The minimum Gasteiger partial charge on any atom is -0.493 e. The number of hydrogen-bond donors (Lipinski definition) is 2. The smallest absolute Gasteiger partial charge is 0.223 e. The van der Waals surface area contributed by atoms with Crippen molar-refractivity contribution >= 4 is 5.91 Å². The third-order valence-corrected chi connectivity index (χ3v) is 5.89. The summed E-state index contributed by atoms with van der Waals surface area (Å²) in [5.74, 6) is 0.636. The van der Waals surface area contributed by atoms with Gasteiger partial charge in [0.05, 0.1) is 30.8 Å². The summed E-state index contributed by atoms with van der Waals surface area (Å²) in [7, 11) is 0. The fourth-order valence-electron chi connectivity index (χ4n) is 4.21. The van der Waals surface area contributed by atoms with Gasteiger partial charge < -0.3 is 19.9 Å². The summed E-state index contributed by atoms with van der Waals surface area (Å²) in [4.78, 5) is 14.8. The van der Waals surface area contributed by atoms with Crippen molar-refractivity contribution in [3.8, 4) is 5.75 Å². The SMILES string of the molecule is C=CCN1CCC2(CC1)C[C@@](C)(NC(=O)CCOc1ccccc1)[C@H](O)CO2. The Hall–Kier alpha value is -1.89. The fourth-order valence-corrected chi connectivity index (χ4v) is 4.21. The van der Waals surface area contributed by atoms with Crippen LogP contribution in [0.15, 0.2) is 43.0 Å². The van der Waals surface area contributed by atoms with Crippen molar-refractivity contribution in [2.45, 2.75) is 49.9 Å². The molecule has 2 N–H and O–H groups in total. The molecule has 2 aliphatic heterocycles. The summed E-state index contributed by atoms with van der Waals surface area (Å²) in [6, 6.07) is 9.45. The van der Waals surface area contributed by atoms with Gasteiger partial charge in [-0.25, -0.2) is 0 Å². The van der Waals surface area contributed by atoms with Gasteiger partial charge in [0.15, 0.2) is 0 Å². The van der Waals surface area contributed by atoms with Crippen LogP contribution < -0.4 is 10.1 Å². The molecule has 154 valence electrons. The van der Waals surface area contributed by atoms with Crippen LogP contribution in [-0.4, -0.2) is 66.0 Å². The lowest BCUT2D eigenvalue weighted by atomic mass is 9.74. The van der Waals surface area contributed by atoms with Crippen molar-refractivity contribution < 1.29 is 19.4 Å². The van der Waals surface area contributed by atoms with Crippen molar-refractivity contribution in [1.82, 2.24) is 10.2 Å². The van der Waals surface area contributed by atoms with E-state index in [-0.39, 0.29) is 24.5 Å². The normalized spacial score (nSPS) is 27.3. The number of hydrogen-bond acceptors (Lipinski definition) is 5. The van der Waals surface area contributed by atoms with E-state index in [1.165, 1.54) is 0 Å². The van der Waals surface area contributed by atoms with Gasteiger partial charge in [-0.15, -0.1) is 6.58 Å². The Balaban J connectivity index is 1.52. The van der Waals surface area contributed by atoms with Crippen LogP contribution in [0.2, 0.25) is 0 Å². The quantitative estimate of drug-likeness (QED) is 0.701. The van der Waals surface area contributed by atoms with E-state index >= 15 is 0 Å². The molecule has 1 amide bonds. The summed E-state index contributed by atoms with van der Waals surface area (Å²) in [6.07, 6.45) is 3.87. The fraction of sp³-hybridized carbons (Fsp3) is 0.591. The number of rotatable bonds is 7. The van der Waals surface area contributed by atoms with Gasteiger partial charge in [-0.1, -0.05) is 24.3 Å². The van der Waals surface area contributed by atoms with Crippen LogP contribution in [-0.2, 0) is 9.53 Å². The van der Waals surface area contributed by atoms with Crippen LogP contribution in [0.1, 0.15) is 32.6 Å². The van der Waals surface area contributed by atoms with Crippen LogP contribution in [0.3, 0.4) is 0 Å². The Morgan fingerprint density at radius 3 is 2.79 bits per heavy atom. The lowest BCUT2D eigenvalue weighted by molar-refractivity contribution is -0.181. The lowest BCUT2D eigenvalue weighted by Gasteiger charge is -2.52. The molecule has 2 aliphatic rings. The van der Waals surface area contributed by atoms with E-state index in [1.807, 2.05) is 43.3 Å². The second-order valence-corrected chi connectivity index (χ2v) is 8.15. The minimum absolute atomic E-state index is 0.112. The largest absolute Gasteiger partial charge is 0.493 e. The van der Waals surface area contributed by atoms with E-state index in [9.17, 15) is 9.90 Å². The Kier molecular flexibility index (Phi) is 6.75. The first-order valence-electron chi connectivity index (χ1n) is 10.1. The molecule has 0 unspecified atom stereocenters. The van der Waals surface area contributed by atoms with Crippen molar-refractivity contribution in [2.75, 3.05) is 32.8 Å². The number of amides is 1. The number of aliphatic hydroxyl groups is 1. The first-order valence-corrected chi connectivity index (χ1v) is 10.1. The molecular weight excluding hydrogens is 356 g/mol. The van der Waals surface area contributed by atoms with E-state index in [2.05, 4.69) is 16.8 Å². The number of ether oxygens (including phenoxy) is 2. The number of para-hydroxylation sites is 1. The predicted octanol–water partition coefficient (Wildman–Crippen LogP) is 2.13. The number of carbonyl (C=O) groups excluding carboxylic acids is 1. The zero-order valence-electron chi connectivity index (χ0n) is 16.7. The predicted molar refractivity (Wildman–Crippen MR) is 108 cm³/mol. The van der Waals surface area contributed by atoms with Gasteiger partial charge in [-0.3, -0.25) is 9.69 Å². The van der Waals surface area contributed by atoms with Crippen molar-refractivity contribution in [3.63, 3.8) is 0 Å². The van der Waals surface area contributed by atoms with Gasteiger partial charge in [0, 0.05) is 26.1 Å². The first kappa shape index (κ1) is 20.8. The maximum absolute atomic E-state index is 12.5. The summed E-state index contributed by atoms with van der Waals surface area (Å²) in [6.45, 7) is 9.05. The topological polar surface area (TPSA) is 71.0 Å². The van der Waals surface area contributed by atoms with Gasteiger partial charge >= 0.3 is 0 Å². The highest BCUT2D eigenvalue weighted by Gasteiger charge is 2.49. The molecule has 2 saturated heterocycles. The molecular formula is C22H32N2O4. The van der Waals surface area contributed by atoms with Crippen LogP contribution in [0.25, 0.3) is 0 Å². The Bertz CT molecular complexity index is 658. The molecule has 2 heterocycles. The molecule has 1 aromatic rings. The van der Waals surface area contributed by atoms with Crippen LogP contribution >= 0.6 is 0 Å². The Labute approximate surface area is 167 Å². The summed E-state index contributed by atoms with van der Waals surface area (Å²) in [5, 5.41) is 13.6. The maximum Gasteiger partial charge on any atom is 0.223 e. The van der Waals surface area contributed by atoms with E-state index in [1.54, 1.807) is 0 Å². The van der Waals surface area contributed by atoms with Gasteiger partial charge in [-0.05, 0) is 31.9 Å². The number of likely N-dealkylation sites (tertiary alicyclic amines) is 1. The zero-order valence-corrected chi connectivity index (χ0v) is 16.7. The molecule has 0 aromatic heterocycles. The number of nitrogens with one attached hydrogen (secondary N) is 1. The van der Waals surface area contributed by atoms with Crippen molar-refractivity contribution in [1.29, 1.82) is 0 Å². The summed E-state index contributed by atoms with van der Waals surface area (Å²) < 4.78 is 11.7. The monoisotopic (exact) mass is 388 g/mol. The average Bonchev–Trinajstić information content (AvgIpc) is 2.68. The number of piperidine rings is 1. The third kappa shape index (κ3) is 5.13. The van der Waals surface area contributed by atoms with E-state index < -0.39 is 11.6 Å². The summed E-state index contributed by atoms with van der Waals surface area (Å²) >= 11 is 0. The van der Waals surface area contributed by atoms with Crippen LogP contribution in [0, 0.1) is 0 Å². The van der Waals surface area contributed by atoms with E-state index in [0.717, 1.165) is 38.2 Å².